The topological polar surface area (TPSA) is 115 Å². The standard InChI is InChI=1S/C23H22N4O5/c1-30-16-9-8-15-17(32-23(29)19(15)20(16)31-2)11-18(28)24-14-5-3-4-13(10-14)22-25-21(26-27-22)12-6-7-12/h3-5,8-10,12,17H,6-7,11H2,1-2H3,(H,24,28)(H,25,26,27). The zero-order valence-corrected chi connectivity index (χ0v) is 17.7. The van der Waals surface area contributed by atoms with E-state index >= 15 is 0 Å². The Hall–Kier alpha value is -3.88. The molecule has 1 aromatic heterocycles. The van der Waals surface area contributed by atoms with Crippen LogP contribution in [0.15, 0.2) is 36.4 Å². The number of esters is 1. The van der Waals surface area contributed by atoms with E-state index in [4.69, 9.17) is 14.2 Å². The second kappa shape index (κ2) is 7.99. The normalized spacial score (nSPS) is 16.9. The molecule has 9 heteroatoms. The van der Waals surface area contributed by atoms with Gasteiger partial charge in [-0.15, -0.1) is 0 Å². The van der Waals surface area contributed by atoms with E-state index < -0.39 is 12.1 Å². The summed E-state index contributed by atoms with van der Waals surface area (Å²) in [7, 11) is 2.95. The summed E-state index contributed by atoms with van der Waals surface area (Å²) >= 11 is 0. The van der Waals surface area contributed by atoms with Crippen molar-refractivity contribution in [3.63, 3.8) is 0 Å². The number of nitrogens with zero attached hydrogens (tertiary/aromatic N) is 2. The molecular formula is C23H22N4O5. The molecule has 0 bridgehead atoms. The molecule has 1 fully saturated rings. The van der Waals surface area contributed by atoms with Gasteiger partial charge in [0.05, 0.1) is 20.6 Å². The number of amides is 1. The lowest BCUT2D eigenvalue weighted by atomic mass is 10.0. The van der Waals surface area contributed by atoms with Crippen molar-refractivity contribution >= 4 is 17.6 Å². The first-order valence-electron chi connectivity index (χ1n) is 10.4. The Balaban J connectivity index is 1.30. The lowest BCUT2D eigenvalue weighted by Gasteiger charge is -2.13. The van der Waals surface area contributed by atoms with Gasteiger partial charge in [-0.25, -0.2) is 9.78 Å². The van der Waals surface area contributed by atoms with E-state index in [1.54, 1.807) is 18.2 Å². The number of cyclic esters (lactones) is 1. The number of hydrogen-bond donors (Lipinski definition) is 2. The Kier molecular flexibility index (Phi) is 5.01. The van der Waals surface area contributed by atoms with Gasteiger partial charge in [-0.1, -0.05) is 18.2 Å². The molecule has 9 nitrogen and oxygen atoms in total. The van der Waals surface area contributed by atoms with E-state index in [2.05, 4.69) is 20.5 Å². The molecule has 1 atom stereocenters. The third-order valence-electron chi connectivity index (χ3n) is 5.62. The molecule has 1 amide bonds. The molecule has 164 valence electrons. The molecule has 1 unspecified atom stereocenters. The SMILES string of the molecule is COc1ccc2c(c1OC)C(=O)OC2CC(=O)Nc1cccc(-c2n[nH]c(C3CC3)n2)c1. The number of carbonyl (C=O) groups excluding carboxylic acids is 2. The van der Waals surface area contributed by atoms with Crippen molar-refractivity contribution in [2.24, 2.45) is 0 Å². The molecule has 1 aliphatic carbocycles. The number of H-pyrrole nitrogens is 1. The van der Waals surface area contributed by atoms with E-state index in [9.17, 15) is 9.59 Å². The van der Waals surface area contributed by atoms with Crippen LogP contribution < -0.4 is 14.8 Å². The molecule has 0 saturated heterocycles. The molecular weight excluding hydrogens is 412 g/mol. The van der Waals surface area contributed by atoms with Crippen LogP contribution in [0.3, 0.4) is 0 Å². The van der Waals surface area contributed by atoms with Crippen LogP contribution in [0, 0.1) is 0 Å². The van der Waals surface area contributed by atoms with Gasteiger partial charge in [-0.05, 0) is 31.0 Å². The molecule has 2 aliphatic rings. The maximum Gasteiger partial charge on any atom is 0.343 e. The average molecular weight is 434 g/mol. The zero-order valence-electron chi connectivity index (χ0n) is 17.7. The van der Waals surface area contributed by atoms with Crippen LogP contribution in [0.2, 0.25) is 0 Å². The lowest BCUT2D eigenvalue weighted by Crippen LogP contribution is -2.15. The van der Waals surface area contributed by atoms with Gasteiger partial charge in [0.25, 0.3) is 0 Å². The van der Waals surface area contributed by atoms with Gasteiger partial charge in [0.1, 0.15) is 17.5 Å². The first kappa shape index (κ1) is 20.0. The Labute approximate surface area is 184 Å². The summed E-state index contributed by atoms with van der Waals surface area (Å²) in [4.78, 5) is 29.7. The van der Waals surface area contributed by atoms with Crippen molar-refractivity contribution < 1.29 is 23.8 Å². The summed E-state index contributed by atoms with van der Waals surface area (Å²) in [5.74, 6) is 1.91. The van der Waals surface area contributed by atoms with Crippen LogP contribution in [0.1, 0.15) is 53.0 Å². The predicted molar refractivity (Wildman–Crippen MR) is 115 cm³/mol. The van der Waals surface area contributed by atoms with Crippen molar-refractivity contribution in [3.8, 4) is 22.9 Å². The average Bonchev–Trinajstić information content (AvgIpc) is 3.44. The highest BCUT2D eigenvalue weighted by Gasteiger charge is 2.37. The Morgan fingerprint density at radius 3 is 2.81 bits per heavy atom. The number of fused-ring (bicyclic) bond motifs is 1. The third-order valence-corrected chi connectivity index (χ3v) is 5.62. The van der Waals surface area contributed by atoms with Crippen LogP contribution in [0.5, 0.6) is 11.5 Å². The van der Waals surface area contributed by atoms with Crippen LogP contribution >= 0.6 is 0 Å². The van der Waals surface area contributed by atoms with Gasteiger partial charge in [0, 0.05) is 22.7 Å². The number of hydrogen-bond acceptors (Lipinski definition) is 7. The van der Waals surface area contributed by atoms with E-state index in [-0.39, 0.29) is 12.3 Å². The van der Waals surface area contributed by atoms with Crippen molar-refractivity contribution in [1.29, 1.82) is 0 Å². The van der Waals surface area contributed by atoms with E-state index in [0.717, 1.165) is 24.2 Å². The minimum absolute atomic E-state index is 0.0229. The first-order chi connectivity index (χ1) is 15.6. The quantitative estimate of drug-likeness (QED) is 0.546. The van der Waals surface area contributed by atoms with Gasteiger partial charge in [-0.3, -0.25) is 9.89 Å². The summed E-state index contributed by atoms with van der Waals surface area (Å²) in [5, 5.41) is 10.1. The molecule has 32 heavy (non-hydrogen) atoms. The number of benzene rings is 2. The summed E-state index contributed by atoms with van der Waals surface area (Å²) in [6.07, 6.45) is 1.55. The van der Waals surface area contributed by atoms with E-state index in [0.29, 0.717) is 40.1 Å². The lowest BCUT2D eigenvalue weighted by molar-refractivity contribution is -0.118. The largest absolute Gasteiger partial charge is 0.493 e. The van der Waals surface area contributed by atoms with Crippen LogP contribution in [-0.2, 0) is 9.53 Å². The highest BCUT2D eigenvalue weighted by Crippen LogP contribution is 2.43. The van der Waals surface area contributed by atoms with Crippen LogP contribution in [-0.4, -0.2) is 41.3 Å². The minimum Gasteiger partial charge on any atom is -0.493 e. The molecule has 0 radical (unpaired) electrons. The Morgan fingerprint density at radius 1 is 1.22 bits per heavy atom. The molecule has 2 heterocycles. The number of anilines is 1. The van der Waals surface area contributed by atoms with Gasteiger partial charge in [0.2, 0.25) is 5.91 Å². The first-order valence-corrected chi connectivity index (χ1v) is 10.4. The summed E-state index contributed by atoms with van der Waals surface area (Å²) < 4.78 is 16.0. The van der Waals surface area contributed by atoms with Crippen molar-refractivity contribution in [2.45, 2.75) is 31.3 Å². The Morgan fingerprint density at radius 2 is 2.06 bits per heavy atom. The molecule has 5 rings (SSSR count). The summed E-state index contributed by atoms with van der Waals surface area (Å²) in [6.45, 7) is 0. The summed E-state index contributed by atoms with van der Waals surface area (Å²) in [5.41, 5.74) is 2.31. The van der Waals surface area contributed by atoms with Crippen molar-refractivity contribution in [1.82, 2.24) is 15.2 Å². The second-order valence-corrected chi connectivity index (χ2v) is 7.81. The van der Waals surface area contributed by atoms with Gasteiger partial charge in [-0.2, -0.15) is 5.10 Å². The maximum absolute atomic E-state index is 12.7. The zero-order chi connectivity index (χ0) is 22.2. The number of aromatic amines is 1. The van der Waals surface area contributed by atoms with Gasteiger partial charge in [0.15, 0.2) is 17.3 Å². The third kappa shape index (κ3) is 3.66. The molecule has 1 saturated carbocycles. The van der Waals surface area contributed by atoms with Crippen LogP contribution in [0.25, 0.3) is 11.4 Å². The fourth-order valence-corrected chi connectivity index (χ4v) is 3.88. The van der Waals surface area contributed by atoms with Crippen LogP contribution in [0.4, 0.5) is 5.69 Å². The molecule has 2 N–H and O–H groups in total. The molecule has 0 spiro atoms. The Bertz CT molecular complexity index is 1200. The highest BCUT2D eigenvalue weighted by atomic mass is 16.6. The maximum atomic E-state index is 12.7. The fraction of sp³-hybridized carbons (Fsp3) is 0.304. The fourth-order valence-electron chi connectivity index (χ4n) is 3.88. The number of rotatable bonds is 7. The van der Waals surface area contributed by atoms with Crippen molar-refractivity contribution in [2.75, 3.05) is 19.5 Å². The highest BCUT2D eigenvalue weighted by molar-refractivity contribution is 5.99. The molecule has 1 aliphatic heterocycles. The number of methoxy groups -OCH3 is 2. The van der Waals surface area contributed by atoms with E-state index in [1.807, 2.05) is 18.2 Å². The summed E-state index contributed by atoms with van der Waals surface area (Å²) in [6, 6.07) is 10.8. The molecule has 2 aromatic carbocycles. The molecule has 3 aromatic rings. The number of nitrogens with one attached hydrogen (secondary N) is 2. The second-order valence-electron chi connectivity index (χ2n) is 7.81. The minimum atomic E-state index is -0.699. The van der Waals surface area contributed by atoms with E-state index in [1.165, 1.54) is 14.2 Å². The van der Waals surface area contributed by atoms with Gasteiger partial charge >= 0.3 is 5.97 Å². The smallest absolute Gasteiger partial charge is 0.343 e. The van der Waals surface area contributed by atoms with Gasteiger partial charge < -0.3 is 19.5 Å². The number of carbonyl (C=O) groups is 2. The monoisotopic (exact) mass is 434 g/mol. The van der Waals surface area contributed by atoms with Crippen molar-refractivity contribution in [3.05, 3.63) is 53.3 Å². The predicted octanol–water partition coefficient (Wildman–Crippen LogP) is 3.61. The number of ether oxygens (including phenoxy) is 3. The number of aromatic nitrogens is 3.